The van der Waals surface area contributed by atoms with Crippen molar-refractivity contribution >= 4 is 35.3 Å². The van der Waals surface area contributed by atoms with Crippen molar-refractivity contribution < 1.29 is 39.2 Å². The molecule has 0 unspecified atom stereocenters. The first kappa shape index (κ1) is 20.6. The number of carboxylic acid groups (broad SMARTS) is 3. The molecule has 6 N–H and O–H groups in total. The van der Waals surface area contributed by atoms with Gasteiger partial charge in [-0.05, 0) is 6.07 Å². The maximum Gasteiger partial charge on any atom is 0.342 e. The van der Waals surface area contributed by atoms with Gasteiger partial charge in [-0.2, -0.15) is 0 Å². The molecule has 28 heavy (non-hydrogen) atoms. The molecule has 148 valence electrons. The number of H-pyrrole nitrogens is 1. The van der Waals surface area contributed by atoms with Crippen LogP contribution < -0.4 is 20.8 Å². The van der Waals surface area contributed by atoms with Crippen LogP contribution in [0.4, 0.5) is 5.82 Å². The molecule has 0 aliphatic carbocycles. The summed E-state index contributed by atoms with van der Waals surface area (Å²) in [5.74, 6) is -5.82. The molecule has 0 aliphatic heterocycles. The molecular formula is C16H13ClN2O9. The van der Waals surface area contributed by atoms with Gasteiger partial charge in [0.2, 0.25) is 0 Å². The van der Waals surface area contributed by atoms with E-state index >= 15 is 0 Å². The minimum absolute atomic E-state index is 0.0268. The van der Waals surface area contributed by atoms with Gasteiger partial charge < -0.3 is 35.5 Å². The molecule has 0 saturated carbocycles. The van der Waals surface area contributed by atoms with Gasteiger partial charge in [-0.25, -0.2) is 14.4 Å². The second-order valence-electron chi connectivity index (χ2n) is 5.27. The molecule has 2 aromatic rings. The monoisotopic (exact) mass is 412 g/mol. The molecule has 2 rings (SSSR count). The number of aromatic nitrogens is 1. The van der Waals surface area contributed by atoms with E-state index in [0.717, 1.165) is 6.07 Å². The SMILES string of the molecule is COc1cc(Cl)cc(-c2c(C(=O)O)c(N)[nH]c(=O)c2C(=O)O)c1OCC(=O)O. The van der Waals surface area contributed by atoms with Crippen molar-refractivity contribution in [3.05, 3.63) is 38.6 Å². The number of benzene rings is 1. The number of hydrogen-bond acceptors (Lipinski definition) is 7. The van der Waals surface area contributed by atoms with Gasteiger partial charge in [0.15, 0.2) is 18.1 Å². The second-order valence-corrected chi connectivity index (χ2v) is 5.71. The molecule has 1 aromatic heterocycles. The number of nitrogens with one attached hydrogen (secondary N) is 1. The van der Waals surface area contributed by atoms with Crippen LogP contribution in [0.2, 0.25) is 5.02 Å². The number of carbonyl (C=O) groups is 3. The molecule has 0 aliphatic rings. The van der Waals surface area contributed by atoms with Crippen LogP contribution >= 0.6 is 11.6 Å². The number of pyridine rings is 1. The largest absolute Gasteiger partial charge is 0.493 e. The lowest BCUT2D eigenvalue weighted by molar-refractivity contribution is -0.139. The molecule has 0 amide bonds. The fourth-order valence-electron chi connectivity index (χ4n) is 2.50. The van der Waals surface area contributed by atoms with Gasteiger partial charge in [-0.1, -0.05) is 11.6 Å². The molecule has 0 saturated heterocycles. The molecule has 1 aromatic carbocycles. The zero-order valence-corrected chi connectivity index (χ0v) is 14.9. The molecule has 12 heteroatoms. The van der Waals surface area contributed by atoms with E-state index < -0.39 is 52.6 Å². The van der Waals surface area contributed by atoms with E-state index in [0.29, 0.717) is 0 Å². The summed E-state index contributed by atoms with van der Waals surface area (Å²) < 4.78 is 10.2. The fourth-order valence-corrected chi connectivity index (χ4v) is 2.71. The third kappa shape index (κ3) is 3.83. The zero-order chi connectivity index (χ0) is 21.2. The number of nitrogens with two attached hydrogens (primary N) is 1. The normalized spacial score (nSPS) is 10.4. The van der Waals surface area contributed by atoms with Crippen molar-refractivity contribution in [3.63, 3.8) is 0 Å². The van der Waals surface area contributed by atoms with E-state index in [9.17, 15) is 29.4 Å². The van der Waals surface area contributed by atoms with Crippen molar-refractivity contribution in [2.45, 2.75) is 0 Å². The summed E-state index contributed by atoms with van der Waals surface area (Å²) in [6.45, 7) is -0.867. The number of carboxylic acids is 3. The second kappa shape index (κ2) is 7.88. The maximum atomic E-state index is 12.2. The Bertz CT molecular complexity index is 1050. The standard InChI is InChI=1S/C16H13ClN2O9/c1-27-7-3-5(17)2-6(12(7)28-4-8(20)21)9-10(15(23)24)13(18)19-14(22)11(9)16(25)26/h2-3H,4H2,1H3,(H,20,21)(H,23,24)(H,25,26)(H3,18,19,22). The van der Waals surface area contributed by atoms with Crippen molar-refractivity contribution in [1.82, 2.24) is 4.98 Å². The first-order valence-electron chi connectivity index (χ1n) is 7.33. The first-order chi connectivity index (χ1) is 13.1. The van der Waals surface area contributed by atoms with E-state index in [1.807, 2.05) is 4.98 Å². The lowest BCUT2D eigenvalue weighted by atomic mass is 9.94. The van der Waals surface area contributed by atoms with Gasteiger partial charge in [0.25, 0.3) is 5.56 Å². The van der Waals surface area contributed by atoms with E-state index in [1.54, 1.807) is 0 Å². The zero-order valence-electron chi connectivity index (χ0n) is 14.1. The van der Waals surface area contributed by atoms with Crippen molar-refractivity contribution in [2.75, 3.05) is 19.5 Å². The van der Waals surface area contributed by atoms with E-state index in [-0.39, 0.29) is 22.1 Å². The highest BCUT2D eigenvalue weighted by molar-refractivity contribution is 6.31. The minimum Gasteiger partial charge on any atom is -0.493 e. The van der Waals surface area contributed by atoms with Gasteiger partial charge in [0, 0.05) is 22.2 Å². The van der Waals surface area contributed by atoms with Gasteiger partial charge in [0.05, 0.1) is 7.11 Å². The maximum absolute atomic E-state index is 12.2. The van der Waals surface area contributed by atoms with Crippen molar-refractivity contribution in [3.8, 4) is 22.6 Å². The quantitative estimate of drug-likeness (QED) is 0.440. The highest BCUT2D eigenvalue weighted by Crippen LogP contribution is 2.43. The van der Waals surface area contributed by atoms with E-state index in [4.69, 9.17) is 31.9 Å². The Morgan fingerprint density at radius 2 is 1.75 bits per heavy atom. The van der Waals surface area contributed by atoms with Crippen LogP contribution in [-0.4, -0.2) is 51.9 Å². The van der Waals surface area contributed by atoms with Gasteiger partial charge >= 0.3 is 17.9 Å². The molecule has 11 nitrogen and oxygen atoms in total. The van der Waals surface area contributed by atoms with Gasteiger partial charge in [-0.15, -0.1) is 0 Å². The summed E-state index contributed by atoms with van der Waals surface area (Å²) in [5.41, 5.74) is 1.82. The summed E-state index contributed by atoms with van der Waals surface area (Å²) in [7, 11) is 1.20. The average molecular weight is 413 g/mol. The molecule has 0 spiro atoms. The van der Waals surface area contributed by atoms with Crippen molar-refractivity contribution in [1.29, 1.82) is 0 Å². The smallest absolute Gasteiger partial charge is 0.342 e. The van der Waals surface area contributed by atoms with Crippen LogP contribution in [-0.2, 0) is 4.79 Å². The summed E-state index contributed by atoms with van der Waals surface area (Å²) >= 11 is 5.99. The number of nitrogen functional groups attached to an aromatic ring is 1. The van der Waals surface area contributed by atoms with E-state index in [2.05, 4.69) is 0 Å². The number of hydrogen-bond donors (Lipinski definition) is 5. The number of rotatable bonds is 7. The highest BCUT2D eigenvalue weighted by atomic mass is 35.5. The summed E-state index contributed by atoms with van der Waals surface area (Å²) in [6, 6.07) is 2.34. The number of aromatic amines is 1. The fraction of sp³-hybridized carbons (Fsp3) is 0.125. The third-order valence-electron chi connectivity index (χ3n) is 3.52. The van der Waals surface area contributed by atoms with Crippen LogP contribution in [0.1, 0.15) is 20.7 Å². The van der Waals surface area contributed by atoms with Gasteiger partial charge in [0.1, 0.15) is 16.9 Å². The molecular weight excluding hydrogens is 400 g/mol. The summed E-state index contributed by atoms with van der Waals surface area (Å²) in [6.07, 6.45) is 0. The Morgan fingerprint density at radius 3 is 2.25 bits per heavy atom. The Morgan fingerprint density at radius 1 is 1.14 bits per heavy atom. The molecule has 0 atom stereocenters. The highest BCUT2D eigenvalue weighted by Gasteiger charge is 2.30. The summed E-state index contributed by atoms with van der Waals surface area (Å²) in [5, 5.41) is 27.8. The van der Waals surface area contributed by atoms with Crippen molar-refractivity contribution in [2.24, 2.45) is 0 Å². The predicted molar refractivity (Wildman–Crippen MR) is 95.5 cm³/mol. The number of aromatic carboxylic acids is 2. The Kier molecular flexibility index (Phi) is 5.79. The van der Waals surface area contributed by atoms with Crippen LogP contribution in [0.3, 0.4) is 0 Å². The predicted octanol–water partition coefficient (Wildman–Crippen LogP) is 1.15. The lowest BCUT2D eigenvalue weighted by Crippen LogP contribution is -2.24. The number of halogens is 1. The number of anilines is 1. The van der Waals surface area contributed by atoms with Crippen LogP contribution in [0, 0.1) is 0 Å². The molecule has 1 heterocycles. The molecule has 0 bridgehead atoms. The lowest BCUT2D eigenvalue weighted by Gasteiger charge is -2.18. The summed E-state index contributed by atoms with van der Waals surface area (Å²) in [4.78, 5) is 48.4. The number of ether oxygens (including phenoxy) is 2. The number of aliphatic carboxylic acids is 1. The minimum atomic E-state index is -1.75. The number of methoxy groups -OCH3 is 1. The Balaban J connectivity index is 3.03. The van der Waals surface area contributed by atoms with Crippen LogP contribution in [0.5, 0.6) is 11.5 Å². The average Bonchev–Trinajstić information content (AvgIpc) is 2.58. The topological polar surface area (TPSA) is 189 Å². The molecule has 0 fully saturated rings. The van der Waals surface area contributed by atoms with Crippen LogP contribution in [0.15, 0.2) is 16.9 Å². The first-order valence-corrected chi connectivity index (χ1v) is 7.71. The van der Waals surface area contributed by atoms with Crippen LogP contribution in [0.25, 0.3) is 11.1 Å². The molecule has 0 radical (unpaired) electrons. The third-order valence-corrected chi connectivity index (χ3v) is 3.74. The van der Waals surface area contributed by atoms with E-state index in [1.165, 1.54) is 13.2 Å². The Labute approximate surface area is 160 Å². The van der Waals surface area contributed by atoms with Gasteiger partial charge in [-0.3, -0.25) is 4.79 Å². The Hall–Kier alpha value is -3.73.